The molecule has 0 aromatic rings. The second-order valence-corrected chi connectivity index (χ2v) is 1.49. The Hall–Kier alpha value is -1.32. The Balaban J connectivity index is 4.04. The Bertz CT molecular complexity index is 163. The molecule has 0 aliphatic rings. The molecule has 0 saturated carbocycles. The lowest BCUT2D eigenvalue weighted by molar-refractivity contribution is -0.137. The molecule has 0 aromatic heterocycles. The predicted octanol–water partition coefficient (Wildman–Crippen LogP) is 0.0417. The highest BCUT2D eigenvalue weighted by Gasteiger charge is 2.04. The topological polar surface area (TPSA) is 76.2 Å². The molecule has 0 fully saturated rings. The summed E-state index contributed by atoms with van der Waals surface area (Å²) >= 11 is 0. The molecule has 3 N–H and O–H groups in total. The molecular weight excluding hydrogens is 132 g/mol. The summed E-state index contributed by atoms with van der Waals surface area (Å²) in [6, 6.07) is 0. The van der Waals surface area contributed by atoms with E-state index in [1.165, 1.54) is 0 Å². The first-order chi connectivity index (χ1) is 4.76. The van der Waals surface area contributed by atoms with Gasteiger partial charge in [-0.05, 0) is 6.92 Å². The van der Waals surface area contributed by atoms with E-state index in [4.69, 9.17) is 11.1 Å². The quantitative estimate of drug-likeness (QED) is 0.332. The van der Waals surface area contributed by atoms with Crippen LogP contribution in [0.15, 0.2) is 11.8 Å². The normalized spacial score (nSPS) is 10.7. The number of nitrogens with one attached hydrogen (secondary N) is 1. The molecule has 0 spiro atoms. The Morgan fingerprint density at radius 2 is 2.40 bits per heavy atom. The number of ether oxygens (including phenoxy) is 1. The van der Waals surface area contributed by atoms with E-state index in [0.29, 0.717) is 6.61 Å². The van der Waals surface area contributed by atoms with E-state index in [1.807, 2.05) is 0 Å². The summed E-state index contributed by atoms with van der Waals surface area (Å²) < 4.78 is 4.55. The molecule has 10 heavy (non-hydrogen) atoms. The molecule has 0 rings (SSSR count). The van der Waals surface area contributed by atoms with Crippen LogP contribution in [0.4, 0.5) is 0 Å². The standard InChI is InChI=1S/C6H10N2O2/c1-2-10-6(9)5(3-7)4-8/h3-4,7H,2,8H2,1H3. The summed E-state index contributed by atoms with van der Waals surface area (Å²) in [4.78, 5) is 10.7. The monoisotopic (exact) mass is 142 g/mol. The minimum absolute atomic E-state index is 0.0712. The smallest absolute Gasteiger partial charge is 0.341 e. The van der Waals surface area contributed by atoms with Gasteiger partial charge in [-0.1, -0.05) is 0 Å². The van der Waals surface area contributed by atoms with Crippen LogP contribution in [0.5, 0.6) is 0 Å². The number of rotatable bonds is 3. The van der Waals surface area contributed by atoms with Crippen molar-refractivity contribution in [2.45, 2.75) is 6.92 Å². The third kappa shape index (κ3) is 2.30. The number of carbonyl (C=O) groups is 1. The van der Waals surface area contributed by atoms with Crippen molar-refractivity contribution in [2.75, 3.05) is 6.61 Å². The molecule has 4 heteroatoms. The van der Waals surface area contributed by atoms with Gasteiger partial charge >= 0.3 is 5.97 Å². The maximum Gasteiger partial charge on any atom is 0.341 e. The minimum atomic E-state index is -0.556. The van der Waals surface area contributed by atoms with Gasteiger partial charge in [0.2, 0.25) is 0 Å². The van der Waals surface area contributed by atoms with Gasteiger partial charge in [-0.15, -0.1) is 0 Å². The first-order valence-corrected chi connectivity index (χ1v) is 2.85. The minimum Gasteiger partial charge on any atom is -0.462 e. The average molecular weight is 142 g/mol. The van der Waals surface area contributed by atoms with Crippen molar-refractivity contribution in [3.63, 3.8) is 0 Å². The van der Waals surface area contributed by atoms with Crippen LogP contribution in [-0.2, 0) is 9.53 Å². The molecular formula is C6H10N2O2. The second kappa shape index (κ2) is 4.55. The van der Waals surface area contributed by atoms with E-state index >= 15 is 0 Å². The van der Waals surface area contributed by atoms with Crippen molar-refractivity contribution >= 4 is 12.2 Å². The first kappa shape index (κ1) is 8.68. The Labute approximate surface area is 59.2 Å². The van der Waals surface area contributed by atoms with Crippen LogP contribution in [-0.4, -0.2) is 18.8 Å². The van der Waals surface area contributed by atoms with Gasteiger partial charge in [0.25, 0.3) is 0 Å². The maximum atomic E-state index is 10.7. The van der Waals surface area contributed by atoms with E-state index in [2.05, 4.69) is 4.74 Å². The summed E-state index contributed by atoms with van der Waals surface area (Å²) in [7, 11) is 0. The van der Waals surface area contributed by atoms with Crippen molar-refractivity contribution in [3.8, 4) is 0 Å². The molecule has 0 aromatic carbocycles. The predicted molar refractivity (Wildman–Crippen MR) is 37.7 cm³/mol. The molecule has 0 atom stereocenters. The largest absolute Gasteiger partial charge is 0.462 e. The summed E-state index contributed by atoms with van der Waals surface area (Å²) in [6.07, 6.45) is 1.91. The fraction of sp³-hybridized carbons (Fsp3) is 0.333. The number of carbonyl (C=O) groups excluding carboxylic acids is 1. The van der Waals surface area contributed by atoms with Gasteiger partial charge in [0.15, 0.2) is 0 Å². The zero-order valence-electron chi connectivity index (χ0n) is 5.76. The van der Waals surface area contributed by atoms with E-state index in [-0.39, 0.29) is 5.57 Å². The van der Waals surface area contributed by atoms with E-state index in [9.17, 15) is 4.79 Å². The van der Waals surface area contributed by atoms with Crippen molar-refractivity contribution in [1.82, 2.24) is 0 Å². The highest BCUT2D eigenvalue weighted by Crippen LogP contribution is 1.90. The number of nitrogens with two attached hydrogens (primary N) is 1. The molecule has 0 unspecified atom stereocenters. The van der Waals surface area contributed by atoms with E-state index in [0.717, 1.165) is 12.4 Å². The fourth-order valence-electron chi connectivity index (χ4n) is 0.390. The molecule has 0 aliphatic carbocycles. The SMILES string of the molecule is CCOC(=O)C(C=N)=CN. The van der Waals surface area contributed by atoms with Crippen LogP contribution in [0, 0.1) is 5.41 Å². The van der Waals surface area contributed by atoms with Gasteiger partial charge in [-0.25, -0.2) is 4.79 Å². The van der Waals surface area contributed by atoms with Crippen LogP contribution in [0.2, 0.25) is 0 Å². The first-order valence-electron chi connectivity index (χ1n) is 2.85. The Morgan fingerprint density at radius 1 is 1.80 bits per heavy atom. The summed E-state index contributed by atoms with van der Waals surface area (Å²) in [6.45, 7) is 1.99. The van der Waals surface area contributed by atoms with Gasteiger partial charge in [0.1, 0.15) is 0 Å². The summed E-state index contributed by atoms with van der Waals surface area (Å²) in [5.41, 5.74) is 5.07. The lowest BCUT2D eigenvalue weighted by Gasteiger charge is -1.98. The maximum absolute atomic E-state index is 10.7. The van der Waals surface area contributed by atoms with Crippen molar-refractivity contribution in [3.05, 3.63) is 11.8 Å². The molecule has 0 radical (unpaired) electrons. The molecule has 0 amide bonds. The van der Waals surface area contributed by atoms with Crippen LogP contribution < -0.4 is 5.73 Å². The summed E-state index contributed by atoms with van der Waals surface area (Å²) in [5, 5.41) is 6.69. The van der Waals surface area contributed by atoms with Gasteiger partial charge in [0.05, 0.1) is 12.2 Å². The zero-order chi connectivity index (χ0) is 7.98. The number of hydrogen-bond donors (Lipinski definition) is 2. The molecule has 4 nitrogen and oxygen atoms in total. The van der Waals surface area contributed by atoms with Crippen molar-refractivity contribution < 1.29 is 9.53 Å². The van der Waals surface area contributed by atoms with Gasteiger partial charge < -0.3 is 15.9 Å². The molecule has 0 bridgehead atoms. The van der Waals surface area contributed by atoms with E-state index in [1.54, 1.807) is 6.92 Å². The molecule has 56 valence electrons. The zero-order valence-corrected chi connectivity index (χ0v) is 5.76. The number of hydrogen-bond acceptors (Lipinski definition) is 4. The molecule has 0 heterocycles. The van der Waals surface area contributed by atoms with E-state index < -0.39 is 5.97 Å². The van der Waals surface area contributed by atoms with Crippen LogP contribution in [0.25, 0.3) is 0 Å². The highest BCUT2D eigenvalue weighted by atomic mass is 16.5. The van der Waals surface area contributed by atoms with Crippen LogP contribution >= 0.6 is 0 Å². The second-order valence-electron chi connectivity index (χ2n) is 1.49. The Kier molecular flexibility index (Phi) is 3.95. The van der Waals surface area contributed by atoms with Crippen LogP contribution in [0.3, 0.4) is 0 Å². The average Bonchev–Trinajstić information content (AvgIpc) is 1.91. The fourth-order valence-corrected chi connectivity index (χ4v) is 0.390. The third-order valence-corrected chi connectivity index (χ3v) is 0.846. The summed E-state index contributed by atoms with van der Waals surface area (Å²) in [5.74, 6) is -0.556. The van der Waals surface area contributed by atoms with Crippen molar-refractivity contribution in [2.24, 2.45) is 5.73 Å². The highest BCUT2D eigenvalue weighted by molar-refractivity contribution is 6.08. The third-order valence-electron chi connectivity index (χ3n) is 0.846. The molecule has 0 saturated heterocycles. The van der Waals surface area contributed by atoms with Gasteiger partial charge in [0, 0.05) is 12.4 Å². The number of esters is 1. The lowest BCUT2D eigenvalue weighted by atomic mass is 10.3. The molecule has 0 aliphatic heterocycles. The van der Waals surface area contributed by atoms with Gasteiger partial charge in [-0.3, -0.25) is 0 Å². The Morgan fingerprint density at radius 3 is 2.70 bits per heavy atom. The lowest BCUT2D eigenvalue weighted by Crippen LogP contribution is -2.09. The van der Waals surface area contributed by atoms with Gasteiger partial charge in [-0.2, -0.15) is 0 Å². The van der Waals surface area contributed by atoms with Crippen molar-refractivity contribution in [1.29, 1.82) is 5.41 Å². The van der Waals surface area contributed by atoms with Crippen LogP contribution in [0.1, 0.15) is 6.92 Å².